The number of ether oxygens (including phenoxy) is 1. The second kappa shape index (κ2) is 10.7. The minimum atomic E-state index is -0.895. The van der Waals surface area contributed by atoms with Gasteiger partial charge in [-0.15, -0.1) is 0 Å². The molecule has 0 unspecified atom stereocenters. The van der Waals surface area contributed by atoms with Crippen LogP contribution < -0.4 is 4.74 Å². The largest absolute Gasteiger partial charge is 0.507 e. The molecule has 180 valence electrons. The average molecular weight is 488 g/mol. The van der Waals surface area contributed by atoms with Gasteiger partial charge in [0.25, 0.3) is 17.4 Å². The summed E-state index contributed by atoms with van der Waals surface area (Å²) in [6, 6.07) is 9.31. The Morgan fingerprint density at radius 2 is 1.88 bits per heavy atom. The highest BCUT2D eigenvalue weighted by Gasteiger charge is 2.45. The summed E-state index contributed by atoms with van der Waals surface area (Å²) < 4.78 is 5.42. The molecular weight excluding hydrogens is 462 g/mol. The maximum Gasteiger partial charge on any atom is 0.295 e. The number of aliphatic hydroxyl groups is 1. The third-order valence-corrected chi connectivity index (χ3v) is 5.76. The van der Waals surface area contributed by atoms with Crippen LogP contribution in [-0.2, 0) is 9.59 Å². The van der Waals surface area contributed by atoms with Gasteiger partial charge < -0.3 is 19.6 Å². The maximum absolute atomic E-state index is 13.1. The van der Waals surface area contributed by atoms with Crippen molar-refractivity contribution in [2.45, 2.75) is 19.4 Å². The van der Waals surface area contributed by atoms with Crippen LogP contribution in [0.4, 0.5) is 5.69 Å². The molecule has 1 heterocycles. The molecule has 3 rings (SSSR count). The van der Waals surface area contributed by atoms with Crippen molar-refractivity contribution in [1.82, 2.24) is 9.80 Å². The average Bonchev–Trinajstić information content (AvgIpc) is 3.05. The van der Waals surface area contributed by atoms with Crippen molar-refractivity contribution in [2.24, 2.45) is 0 Å². The lowest BCUT2D eigenvalue weighted by molar-refractivity contribution is -0.384. The molecule has 0 saturated carbocycles. The van der Waals surface area contributed by atoms with E-state index in [1.165, 1.54) is 35.2 Å². The van der Waals surface area contributed by atoms with Crippen LogP contribution in [0.5, 0.6) is 5.75 Å². The summed E-state index contributed by atoms with van der Waals surface area (Å²) in [6.45, 7) is 3.17. The van der Waals surface area contributed by atoms with Crippen LogP contribution in [0.3, 0.4) is 0 Å². The maximum atomic E-state index is 13.1. The molecule has 1 aliphatic rings. The summed E-state index contributed by atoms with van der Waals surface area (Å²) in [6.07, 6.45) is 0.596. The Balaban J connectivity index is 2.10. The number of halogens is 1. The van der Waals surface area contributed by atoms with Gasteiger partial charge >= 0.3 is 0 Å². The van der Waals surface area contributed by atoms with E-state index >= 15 is 0 Å². The highest BCUT2D eigenvalue weighted by molar-refractivity contribution is 6.46. The molecule has 1 saturated heterocycles. The molecule has 0 spiro atoms. The Kier molecular flexibility index (Phi) is 7.90. The number of nitrogens with zero attached hydrogens (tertiary/aromatic N) is 3. The van der Waals surface area contributed by atoms with Gasteiger partial charge in [-0.3, -0.25) is 19.7 Å². The van der Waals surface area contributed by atoms with Gasteiger partial charge in [0.1, 0.15) is 11.5 Å². The number of amides is 1. The monoisotopic (exact) mass is 487 g/mol. The molecule has 1 amide bonds. The van der Waals surface area contributed by atoms with E-state index < -0.39 is 22.7 Å². The van der Waals surface area contributed by atoms with E-state index in [1.54, 1.807) is 12.1 Å². The van der Waals surface area contributed by atoms with Crippen molar-refractivity contribution in [1.29, 1.82) is 0 Å². The Morgan fingerprint density at radius 3 is 2.44 bits per heavy atom. The topological polar surface area (TPSA) is 113 Å². The standard InChI is InChI=1S/C24H26ClN3O6/c1-4-34-19-11-8-16(14-18(19)25)22(29)20-21(15-6-9-17(10-7-15)28(32)33)27(24(31)23(20)30)13-5-12-26(2)3/h6-11,14,21,29H,4-5,12-13H2,1-3H3/b22-20+/t21-/m1/s1. The van der Waals surface area contributed by atoms with E-state index in [4.69, 9.17) is 16.3 Å². The number of ketones is 1. The van der Waals surface area contributed by atoms with E-state index in [1.807, 2.05) is 25.9 Å². The second-order valence-corrected chi connectivity index (χ2v) is 8.48. The second-order valence-electron chi connectivity index (χ2n) is 8.08. The SMILES string of the molecule is CCOc1ccc(/C(O)=C2\C(=O)C(=O)N(CCCN(C)C)[C@@H]2c2ccc([N+](=O)[O-])cc2)cc1Cl. The first-order chi connectivity index (χ1) is 16.1. The molecule has 0 aliphatic carbocycles. The summed E-state index contributed by atoms with van der Waals surface area (Å²) in [5.74, 6) is -1.50. The quantitative estimate of drug-likeness (QED) is 0.187. The van der Waals surface area contributed by atoms with E-state index in [0.29, 0.717) is 30.9 Å². The summed E-state index contributed by atoms with van der Waals surface area (Å²) in [4.78, 5) is 39.9. The third-order valence-electron chi connectivity index (χ3n) is 5.47. The van der Waals surface area contributed by atoms with Crippen LogP contribution in [0.2, 0.25) is 5.02 Å². The minimum absolute atomic E-state index is 0.0936. The van der Waals surface area contributed by atoms with Crippen molar-refractivity contribution in [3.63, 3.8) is 0 Å². The van der Waals surface area contributed by atoms with Crippen LogP contribution in [0, 0.1) is 10.1 Å². The third kappa shape index (κ3) is 5.21. The Hall–Kier alpha value is -3.43. The highest BCUT2D eigenvalue weighted by Crippen LogP contribution is 2.40. The smallest absolute Gasteiger partial charge is 0.295 e. The zero-order valence-corrected chi connectivity index (χ0v) is 19.9. The molecule has 9 nitrogen and oxygen atoms in total. The number of hydrogen-bond donors (Lipinski definition) is 1. The number of carbonyl (C=O) groups excluding carboxylic acids is 2. The number of benzene rings is 2. The fraction of sp³-hybridized carbons (Fsp3) is 0.333. The normalized spacial score (nSPS) is 17.4. The lowest BCUT2D eigenvalue weighted by Gasteiger charge is -2.26. The predicted molar refractivity (Wildman–Crippen MR) is 128 cm³/mol. The fourth-order valence-corrected chi connectivity index (χ4v) is 4.10. The molecule has 2 aromatic carbocycles. The summed E-state index contributed by atoms with van der Waals surface area (Å²) in [7, 11) is 3.80. The van der Waals surface area contributed by atoms with Crippen molar-refractivity contribution in [3.05, 3.63) is 74.3 Å². The Morgan fingerprint density at radius 1 is 1.21 bits per heavy atom. The van der Waals surface area contributed by atoms with E-state index in [-0.39, 0.29) is 34.2 Å². The zero-order chi connectivity index (χ0) is 25.0. The van der Waals surface area contributed by atoms with Crippen molar-refractivity contribution < 1.29 is 24.4 Å². The van der Waals surface area contributed by atoms with Crippen LogP contribution >= 0.6 is 11.6 Å². The number of nitro groups is 1. The number of Topliss-reactive ketones (excluding diaryl/α,β-unsaturated/α-hetero) is 1. The molecule has 34 heavy (non-hydrogen) atoms. The van der Waals surface area contributed by atoms with Crippen LogP contribution in [0.15, 0.2) is 48.0 Å². The molecule has 1 aliphatic heterocycles. The molecule has 0 aromatic heterocycles. The van der Waals surface area contributed by atoms with Gasteiger partial charge in [0.15, 0.2) is 0 Å². The van der Waals surface area contributed by atoms with Crippen molar-refractivity contribution in [3.8, 4) is 5.75 Å². The molecule has 10 heteroatoms. The molecule has 0 bridgehead atoms. The van der Waals surface area contributed by atoms with Crippen molar-refractivity contribution >= 4 is 34.7 Å². The molecular formula is C24H26ClN3O6. The number of hydrogen-bond acceptors (Lipinski definition) is 7. The lowest BCUT2D eigenvalue weighted by Crippen LogP contribution is -2.32. The van der Waals surface area contributed by atoms with E-state index in [0.717, 1.165) is 0 Å². The first-order valence-corrected chi connectivity index (χ1v) is 11.1. The van der Waals surface area contributed by atoms with Crippen LogP contribution in [-0.4, -0.2) is 65.3 Å². The number of non-ortho nitro benzene ring substituents is 1. The summed E-state index contributed by atoms with van der Waals surface area (Å²) in [5, 5.41) is 22.5. The molecule has 1 atom stereocenters. The number of nitro benzene ring substituents is 1. The van der Waals surface area contributed by atoms with E-state index in [2.05, 4.69) is 0 Å². The molecule has 1 fully saturated rings. The molecule has 2 aromatic rings. The number of likely N-dealkylation sites (tertiary alicyclic amines) is 1. The number of rotatable bonds is 9. The first-order valence-electron chi connectivity index (χ1n) is 10.8. The van der Waals surface area contributed by atoms with Crippen LogP contribution in [0.25, 0.3) is 5.76 Å². The number of carbonyl (C=O) groups is 2. The first kappa shape index (κ1) is 25.2. The Labute approximate surface area is 202 Å². The van der Waals surface area contributed by atoms with E-state index in [9.17, 15) is 24.8 Å². The lowest BCUT2D eigenvalue weighted by atomic mass is 9.95. The summed E-state index contributed by atoms with van der Waals surface area (Å²) in [5.41, 5.74) is 0.524. The van der Waals surface area contributed by atoms with Gasteiger partial charge in [0.05, 0.1) is 28.2 Å². The number of aliphatic hydroxyl groups excluding tert-OH is 1. The van der Waals surface area contributed by atoms with Gasteiger partial charge in [-0.05, 0) is 69.9 Å². The Bertz CT molecular complexity index is 1130. The predicted octanol–water partition coefficient (Wildman–Crippen LogP) is 4.02. The van der Waals surface area contributed by atoms with Gasteiger partial charge in [0.2, 0.25) is 0 Å². The molecule has 0 radical (unpaired) electrons. The van der Waals surface area contributed by atoms with Gasteiger partial charge in [-0.25, -0.2) is 0 Å². The minimum Gasteiger partial charge on any atom is -0.507 e. The highest BCUT2D eigenvalue weighted by atomic mass is 35.5. The molecule has 1 N–H and O–H groups in total. The fourth-order valence-electron chi connectivity index (χ4n) is 3.87. The van der Waals surface area contributed by atoms with Gasteiger partial charge in [-0.2, -0.15) is 0 Å². The zero-order valence-electron chi connectivity index (χ0n) is 19.2. The van der Waals surface area contributed by atoms with Crippen LogP contribution in [0.1, 0.15) is 30.5 Å². The van der Waals surface area contributed by atoms with Gasteiger partial charge in [0, 0.05) is 24.2 Å². The van der Waals surface area contributed by atoms with Gasteiger partial charge in [-0.1, -0.05) is 11.6 Å². The summed E-state index contributed by atoms with van der Waals surface area (Å²) >= 11 is 6.26. The van der Waals surface area contributed by atoms with Crippen molar-refractivity contribution in [2.75, 3.05) is 33.8 Å².